The standard InChI is InChI=1S/C22H26ClN5O.2C2H6.C2H4/c1-5-7-19-20(24)27(4)22(29)28(19)13-15(6-2)9-8-14(3)21-25-17-11-10-16(23)12-18(17)26-21;3*1-2/h5,7-12H,6,13,24H2,1-4H3,(H,25,26);2*1-2H3;1-2H2/b7-5-,14-8+,15-9+;;;. The van der Waals surface area contributed by atoms with Gasteiger partial charge in [0.05, 0.1) is 16.7 Å². The molecule has 1 aromatic carbocycles. The summed E-state index contributed by atoms with van der Waals surface area (Å²) in [6.45, 7) is 20.5. The maximum Gasteiger partial charge on any atom is 0.330 e. The van der Waals surface area contributed by atoms with Gasteiger partial charge in [-0.15, -0.1) is 13.2 Å². The fraction of sp³-hybridized carbons (Fsp3) is 0.357. The molecular weight excluding hydrogens is 458 g/mol. The SMILES string of the molecule is C/C=C\c1c(N)n(C)c(=O)n1C/C(=C/C=C(\C)c1nc2ccc(Cl)cc2[nH]1)CC.C=C.CC.CC. The van der Waals surface area contributed by atoms with Gasteiger partial charge in [0, 0.05) is 18.6 Å². The van der Waals surface area contributed by atoms with Crippen LogP contribution in [0.2, 0.25) is 5.02 Å². The summed E-state index contributed by atoms with van der Waals surface area (Å²) in [4.78, 5) is 20.5. The van der Waals surface area contributed by atoms with Crippen LogP contribution < -0.4 is 11.4 Å². The van der Waals surface area contributed by atoms with E-state index in [0.717, 1.165) is 40.1 Å². The number of hydrogen-bond acceptors (Lipinski definition) is 3. The zero-order valence-corrected chi connectivity index (χ0v) is 23.3. The van der Waals surface area contributed by atoms with Crippen molar-refractivity contribution in [3.63, 3.8) is 0 Å². The van der Waals surface area contributed by atoms with Gasteiger partial charge in [-0.1, -0.05) is 70.0 Å². The third-order valence-corrected chi connectivity index (χ3v) is 5.19. The molecule has 0 saturated heterocycles. The number of nitrogen functional groups attached to an aromatic ring is 1. The van der Waals surface area contributed by atoms with Gasteiger partial charge in [-0.25, -0.2) is 9.78 Å². The Morgan fingerprint density at radius 2 is 1.83 bits per heavy atom. The summed E-state index contributed by atoms with van der Waals surface area (Å²) >= 11 is 6.05. The second-order valence-electron chi connectivity index (χ2n) is 6.97. The van der Waals surface area contributed by atoms with Crippen LogP contribution in [-0.2, 0) is 13.6 Å². The Morgan fingerprint density at radius 1 is 1.20 bits per heavy atom. The first kappa shape index (κ1) is 31.8. The first-order chi connectivity index (χ1) is 16.8. The third kappa shape index (κ3) is 8.18. The number of nitrogens with one attached hydrogen (secondary N) is 1. The van der Waals surface area contributed by atoms with Gasteiger partial charge >= 0.3 is 5.69 Å². The van der Waals surface area contributed by atoms with Crippen molar-refractivity contribution in [3.05, 3.63) is 82.2 Å². The van der Waals surface area contributed by atoms with Gasteiger partial charge in [0.1, 0.15) is 11.6 Å². The van der Waals surface area contributed by atoms with E-state index in [0.29, 0.717) is 17.4 Å². The fourth-order valence-corrected chi connectivity index (χ4v) is 3.33. The molecule has 3 rings (SSSR count). The van der Waals surface area contributed by atoms with Crippen LogP contribution in [0.1, 0.15) is 66.4 Å². The lowest BCUT2D eigenvalue weighted by atomic mass is 10.1. The predicted molar refractivity (Wildman–Crippen MR) is 156 cm³/mol. The van der Waals surface area contributed by atoms with Gasteiger partial charge in [0.2, 0.25) is 0 Å². The molecule has 0 aliphatic heterocycles. The molecule has 3 N–H and O–H groups in total. The van der Waals surface area contributed by atoms with Crippen molar-refractivity contribution in [2.45, 2.75) is 61.4 Å². The highest BCUT2D eigenvalue weighted by Crippen LogP contribution is 2.21. The molecular formula is C28H42ClN5O. The molecule has 7 heteroatoms. The minimum Gasteiger partial charge on any atom is -0.383 e. The molecule has 0 bridgehead atoms. The molecule has 35 heavy (non-hydrogen) atoms. The molecule has 6 nitrogen and oxygen atoms in total. The summed E-state index contributed by atoms with van der Waals surface area (Å²) in [6.07, 6.45) is 8.63. The number of nitrogens with zero attached hydrogens (tertiary/aromatic N) is 3. The molecule has 2 aromatic heterocycles. The van der Waals surface area contributed by atoms with Crippen molar-refractivity contribution >= 4 is 40.1 Å². The maximum absolute atomic E-state index is 12.6. The first-order valence-electron chi connectivity index (χ1n) is 12.0. The Labute approximate surface area is 215 Å². The van der Waals surface area contributed by atoms with Crippen LogP contribution in [0.25, 0.3) is 22.7 Å². The zero-order chi connectivity index (χ0) is 27.1. The topological polar surface area (TPSA) is 81.6 Å². The summed E-state index contributed by atoms with van der Waals surface area (Å²) < 4.78 is 3.18. The molecule has 0 aliphatic carbocycles. The average molecular weight is 500 g/mol. The van der Waals surface area contributed by atoms with E-state index in [1.165, 1.54) is 4.57 Å². The normalized spacial score (nSPS) is 11.3. The van der Waals surface area contributed by atoms with Crippen molar-refractivity contribution in [1.82, 2.24) is 19.1 Å². The van der Waals surface area contributed by atoms with Gasteiger partial charge < -0.3 is 10.7 Å². The second-order valence-corrected chi connectivity index (χ2v) is 7.41. The molecule has 0 fully saturated rings. The van der Waals surface area contributed by atoms with Crippen LogP contribution in [0.4, 0.5) is 5.82 Å². The Bertz CT molecular complexity index is 1210. The van der Waals surface area contributed by atoms with E-state index in [9.17, 15) is 4.79 Å². The maximum atomic E-state index is 12.6. The Kier molecular flexibility index (Phi) is 14.9. The zero-order valence-electron chi connectivity index (χ0n) is 22.6. The van der Waals surface area contributed by atoms with Crippen molar-refractivity contribution < 1.29 is 0 Å². The summed E-state index contributed by atoms with van der Waals surface area (Å²) in [7, 11) is 1.69. The lowest BCUT2D eigenvalue weighted by Gasteiger charge is -2.07. The van der Waals surface area contributed by atoms with Gasteiger partial charge in [-0.3, -0.25) is 9.13 Å². The van der Waals surface area contributed by atoms with Crippen LogP contribution in [0, 0.1) is 0 Å². The van der Waals surface area contributed by atoms with Crippen LogP contribution in [0.15, 0.2) is 60.0 Å². The van der Waals surface area contributed by atoms with Crippen molar-refractivity contribution in [3.8, 4) is 0 Å². The van der Waals surface area contributed by atoms with Gasteiger partial charge in [0.25, 0.3) is 0 Å². The molecule has 0 amide bonds. The minimum absolute atomic E-state index is 0.121. The number of halogens is 1. The number of nitrogens with two attached hydrogens (primary N) is 1. The van der Waals surface area contributed by atoms with Crippen LogP contribution in [0.3, 0.4) is 0 Å². The quantitative estimate of drug-likeness (QED) is 0.270. The number of aromatic amines is 1. The summed E-state index contributed by atoms with van der Waals surface area (Å²) in [5.41, 5.74) is 10.6. The molecule has 0 radical (unpaired) electrons. The molecule has 192 valence electrons. The van der Waals surface area contributed by atoms with E-state index in [2.05, 4.69) is 30.0 Å². The lowest BCUT2D eigenvalue weighted by Crippen LogP contribution is -2.24. The van der Waals surface area contributed by atoms with Crippen molar-refractivity contribution in [2.24, 2.45) is 7.05 Å². The smallest absolute Gasteiger partial charge is 0.330 e. The van der Waals surface area contributed by atoms with E-state index < -0.39 is 0 Å². The number of fused-ring (bicyclic) bond motifs is 1. The van der Waals surface area contributed by atoms with Gasteiger partial charge in [-0.05, 0) is 50.1 Å². The van der Waals surface area contributed by atoms with Crippen molar-refractivity contribution in [2.75, 3.05) is 5.73 Å². The highest BCUT2D eigenvalue weighted by Gasteiger charge is 2.13. The lowest BCUT2D eigenvalue weighted by molar-refractivity contribution is 0.692. The van der Waals surface area contributed by atoms with E-state index in [1.54, 1.807) is 11.6 Å². The highest BCUT2D eigenvalue weighted by molar-refractivity contribution is 6.31. The monoisotopic (exact) mass is 499 g/mol. The number of anilines is 1. The number of rotatable bonds is 6. The molecule has 0 aliphatic rings. The summed E-state index contributed by atoms with van der Waals surface area (Å²) in [5, 5.41) is 0.673. The highest BCUT2D eigenvalue weighted by atomic mass is 35.5. The van der Waals surface area contributed by atoms with Crippen molar-refractivity contribution in [1.29, 1.82) is 0 Å². The van der Waals surface area contributed by atoms with Crippen LogP contribution >= 0.6 is 11.6 Å². The third-order valence-electron chi connectivity index (χ3n) is 4.96. The molecule has 0 atom stereocenters. The van der Waals surface area contributed by atoms with Gasteiger partial charge in [-0.2, -0.15) is 0 Å². The fourth-order valence-electron chi connectivity index (χ4n) is 3.16. The molecule has 3 aromatic rings. The number of aromatic nitrogens is 4. The molecule has 2 heterocycles. The van der Waals surface area contributed by atoms with Crippen LogP contribution in [-0.4, -0.2) is 19.1 Å². The number of H-pyrrole nitrogens is 1. The minimum atomic E-state index is -0.121. The van der Waals surface area contributed by atoms with Gasteiger partial charge in [0.15, 0.2) is 0 Å². The summed E-state index contributed by atoms with van der Waals surface area (Å²) in [5.74, 6) is 1.26. The Morgan fingerprint density at radius 3 is 2.40 bits per heavy atom. The molecule has 0 unspecified atom stereocenters. The largest absolute Gasteiger partial charge is 0.383 e. The average Bonchev–Trinajstić information content (AvgIpc) is 3.40. The molecule has 0 saturated carbocycles. The second kappa shape index (κ2) is 16.4. The number of benzene rings is 1. The van der Waals surface area contributed by atoms with Crippen LogP contribution in [0.5, 0.6) is 0 Å². The number of allylic oxidation sites excluding steroid dienone is 5. The number of hydrogen-bond donors (Lipinski definition) is 2. The Balaban J connectivity index is 0.00000179. The first-order valence-corrected chi connectivity index (χ1v) is 12.4. The Hall–Kier alpha value is -3.25. The predicted octanol–water partition coefficient (Wildman–Crippen LogP) is 7.63. The van der Waals surface area contributed by atoms with E-state index in [1.807, 2.05) is 84.0 Å². The summed E-state index contributed by atoms with van der Waals surface area (Å²) in [6, 6.07) is 5.59. The van der Waals surface area contributed by atoms with E-state index in [4.69, 9.17) is 17.3 Å². The van der Waals surface area contributed by atoms with E-state index >= 15 is 0 Å². The number of imidazole rings is 2. The molecule has 0 spiro atoms. The van der Waals surface area contributed by atoms with E-state index in [-0.39, 0.29) is 5.69 Å².